The summed E-state index contributed by atoms with van der Waals surface area (Å²) in [5, 5.41) is 11.3. The van der Waals surface area contributed by atoms with Crippen LogP contribution < -0.4 is 4.90 Å². The van der Waals surface area contributed by atoms with E-state index in [0.717, 1.165) is 42.6 Å². The van der Waals surface area contributed by atoms with Crippen molar-refractivity contribution in [1.29, 1.82) is 0 Å². The predicted molar refractivity (Wildman–Crippen MR) is 95.7 cm³/mol. The molecule has 0 bridgehead atoms. The first-order valence-electron chi connectivity index (χ1n) is 8.34. The molecule has 0 N–H and O–H groups in total. The summed E-state index contributed by atoms with van der Waals surface area (Å²) in [5.41, 5.74) is 1.49. The highest BCUT2D eigenvalue weighted by Crippen LogP contribution is 2.21. The lowest BCUT2D eigenvalue weighted by molar-refractivity contribution is 0.0761. The van der Waals surface area contributed by atoms with Crippen LogP contribution in [0.2, 0.25) is 0 Å². The zero-order valence-corrected chi connectivity index (χ0v) is 15.2. The summed E-state index contributed by atoms with van der Waals surface area (Å²) in [7, 11) is 0. The molecule has 1 aliphatic rings. The number of carbonyl (C=O) groups excluding carboxylic acids is 1. The molecule has 0 unspecified atom stereocenters. The van der Waals surface area contributed by atoms with Crippen molar-refractivity contribution >= 4 is 23.1 Å². The van der Waals surface area contributed by atoms with E-state index in [1.165, 1.54) is 0 Å². The molecule has 2 aromatic rings. The van der Waals surface area contributed by atoms with Gasteiger partial charge >= 0.3 is 0 Å². The lowest BCUT2D eigenvalue weighted by Crippen LogP contribution is -2.35. The molecule has 1 saturated heterocycles. The van der Waals surface area contributed by atoms with E-state index >= 15 is 0 Å². The highest BCUT2D eigenvalue weighted by molar-refractivity contribution is 7.09. The van der Waals surface area contributed by atoms with Gasteiger partial charge in [-0.2, -0.15) is 5.10 Å². The van der Waals surface area contributed by atoms with E-state index in [9.17, 15) is 4.79 Å². The van der Waals surface area contributed by atoms with Crippen molar-refractivity contribution in [3.8, 4) is 0 Å². The molecule has 7 heteroatoms. The van der Waals surface area contributed by atoms with Crippen LogP contribution in [0.4, 0.5) is 5.82 Å². The molecule has 3 rings (SSSR count). The Hall–Kier alpha value is -2.02. The van der Waals surface area contributed by atoms with E-state index in [0.29, 0.717) is 18.2 Å². The second kappa shape index (κ2) is 7.25. The summed E-state index contributed by atoms with van der Waals surface area (Å²) in [6, 6.07) is 3.97. The molecule has 1 fully saturated rings. The molecule has 0 aromatic carbocycles. The third kappa shape index (κ3) is 3.72. The van der Waals surface area contributed by atoms with Crippen LogP contribution in [0, 0.1) is 6.92 Å². The summed E-state index contributed by atoms with van der Waals surface area (Å²) in [6.07, 6.45) is 0.919. The Morgan fingerprint density at radius 3 is 2.67 bits per heavy atom. The molecule has 128 valence electrons. The second-order valence-electron chi connectivity index (χ2n) is 6.39. The minimum atomic E-state index is 0.0370. The molecule has 24 heavy (non-hydrogen) atoms. The maximum Gasteiger partial charge on any atom is 0.273 e. The van der Waals surface area contributed by atoms with Gasteiger partial charge in [0.15, 0.2) is 5.82 Å². The maximum absolute atomic E-state index is 12.7. The van der Waals surface area contributed by atoms with Crippen LogP contribution in [-0.2, 0) is 0 Å². The van der Waals surface area contributed by atoms with Crippen LogP contribution in [0.1, 0.15) is 47.4 Å². The molecule has 1 aliphatic heterocycles. The molecule has 1 amide bonds. The Morgan fingerprint density at radius 2 is 2.00 bits per heavy atom. The second-order valence-corrected chi connectivity index (χ2v) is 7.28. The lowest BCUT2D eigenvalue weighted by atomic mass is 10.2. The van der Waals surface area contributed by atoms with Gasteiger partial charge in [-0.05, 0) is 25.5 Å². The normalized spacial score (nSPS) is 15.7. The summed E-state index contributed by atoms with van der Waals surface area (Å²) in [6.45, 7) is 9.21. The van der Waals surface area contributed by atoms with E-state index in [4.69, 9.17) is 0 Å². The Kier molecular flexibility index (Phi) is 5.08. The number of aromatic nitrogens is 3. The number of nitrogens with zero attached hydrogens (tertiary/aromatic N) is 5. The Bertz CT molecular complexity index is 697. The van der Waals surface area contributed by atoms with Gasteiger partial charge in [0, 0.05) is 37.5 Å². The SMILES string of the molecule is Cc1ccc(N2CCCN(C(=O)c3csc(C(C)C)n3)CC2)nn1. The van der Waals surface area contributed by atoms with Gasteiger partial charge < -0.3 is 9.80 Å². The van der Waals surface area contributed by atoms with Crippen LogP contribution in [0.5, 0.6) is 0 Å². The zero-order chi connectivity index (χ0) is 17.1. The summed E-state index contributed by atoms with van der Waals surface area (Å²) < 4.78 is 0. The summed E-state index contributed by atoms with van der Waals surface area (Å²) in [5.74, 6) is 1.27. The van der Waals surface area contributed by atoms with Crippen molar-refractivity contribution < 1.29 is 4.79 Å². The van der Waals surface area contributed by atoms with E-state index in [1.807, 2.05) is 29.3 Å². The average Bonchev–Trinajstić information content (AvgIpc) is 2.94. The number of anilines is 1. The van der Waals surface area contributed by atoms with Crippen LogP contribution >= 0.6 is 11.3 Å². The first-order valence-corrected chi connectivity index (χ1v) is 9.22. The van der Waals surface area contributed by atoms with E-state index < -0.39 is 0 Å². The maximum atomic E-state index is 12.7. The fraction of sp³-hybridized carbons (Fsp3) is 0.529. The lowest BCUT2D eigenvalue weighted by Gasteiger charge is -2.22. The quantitative estimate of drug-likeness (QED) is 0.856. The van der Waals surface area contributed by atoms with Crippen molar-refractivity contribution in [2.45, 2.75) is 33.1 Å². The Labute approximate surface area is 146 Å². The molecule has 3 heterocycles. The van der Waals surface area contributed by atoms with Gasteiger partial charge in [0.2, 0.25) is 0 Å². The molecule has 2 aromatic heterocycles. The van der Waals surface area contributed by atoms with Crippen molar-refractivity contribution in [1.82, 2.24) is 20.1 Å². The minimum absolute atomic E-state index is 0.0370. The summed E-state index contributed by atoms with van der Waals surface area (Å²) >= 11 is 1.57. The number of aryl methyl sites for hydroxylation is 1. The summed E-state index contributed by atoms with van der Waals surface area (Å²) in [4.78, 5) is 21.3. The van der Waals surface area contributed by atoms with Crippen LogP contribution in [0.15, 0.2) is 17.5 Å². The molecule has 0 atom stereocenters. The van der Waals surface area contributed by atoms with Gasteiger partial charge in [0.05, 0.1) is 10.7 Å². The molecule has 0 aliphatic carbocycles. The smallest absolute Gasteiger partial charge is 0.273 e. The number of carbonyl (C=O) groups is 1. The Balaban J connectivity index is 1.66. The fourth-order valence-corrected chi connectivity index (χ4v) is 3.53. The number of amides is 1. The average molecular weight is 345 g/mol. The monoisotopic (exact) mass is 345 g/mol. The highest BCUT2D eigenvalue weighted by Gasteiger charge is 2.23. The van der Waals surface area contributed by atoms with Crippen molar-refractivity contribution in [2.75, 3.05) is 31.1 Å². The first-order chi connectivity index (χ1) is 11.5. The van der Waals surface area contributed by atoms with E-state index in [2.05, 4.69) is 33.9 Å². The fourth-order valence-electron chi connectivity index (χ4n) is 2.72. The predicted octanol–water partition coefficient (Wildman–Crippen LogP) is 2.72. The van der Waals surface area contributed by atoms with Gasteiger partial charge in [0.25, 0.3) is 5.91 Å². The topological polar surface area (TPSA) is 62.2 Å². The number of rotatable bonds is 3. The van der Waals surface area contributed by atoms with E-state index in [-0.39, 0.29) is 5.91 Å². The minimum Gasteiger partial charge on any atom is -0.353 e. The third-order valence-corrected chi connectivity index (χ3v) is 5.27. The molecular formula is C17H23N5OS. The van der Waals surface area contributed by atoms with Crippen LogP contribution in [0.3, 0.4) is 0 Å². The molecule has 0 radical (unpaired) electrons. The van der Waals surface area contributed by atoms with Gasteiger partial charge in [-0.25, -0.2) is 4.98 Å². The van der Waals surface area contributed by atoms with Crippen molar-refractivity contribution in [2.24, 2.45) is 0 Å². The van der Waals surface area contributed by atoms with E-state index in [1.54, 1.807) is 11.3 Å². The molecule has 0 spiro atoms. The van der Waals surface area contributed by atoms with Crippen LogP contribution in [-0.4, -0.2) is 52.2 Å². The largest absolute Gasteiger partial charge is 0.353 e. The third-order valence-electron chi connectivity index (χ3n) is 4.13. The zero-order valence-electron chi connectivity index (χ0n) is 14.4. The van der Waals surface area contributed by atoms with Gasteiger partial charge in [0.1, 0.15) is 5.69 Å². The van der Waals surface area contributed by atoms with Crippen molar-refractivity contribution in [3.63, 3.8) is 0 Å². The van der Waals surface area contributed by atoms with Gasteiger partial charge in [-0.1, -0.05) is 13.8 Å². The number of hydrogen-bond acceptors (Lipinski definition) is 6. The molecule has 0 saturated carbocycles. The van der Waals surface area contributed by atoms with Crippen molar-refractivity contribution in [3.05, 3.63) is 33.9 Å². The van der Waals surface area contributed by atoms with Crippen LogP contribution in [0.25, 0.3) is 0 Å². The molecular weight excluding hydrogens is 322 g/mol. The highest BCUT2D eigenvalue weighted by atomic mass is 32.1. The number of hydrogen-bond donors (Lipinski definition) is 0. The molecule has 6 nitrogen and oxygen atoms in total. The Morgan fingerprint density at radius 1 is 1.17 bits per heavy atom. The standard InChI is InChI=1S/C17H23N5OS/c1-12(2)16-18-14(11-24-16)17(23)22-8-4-7-21(9-10-22)15-6-5-13(3)19-20-15/h5-6,11-12H,4,7-10H2,1-3H3. The van der Waals surface area contributed by atoms with Gasteiger partial charge in [-0.15, -0.1) is 16.4 Å². The first kappa shape index (κ1) is 16.8. The number of thiazole rings is 1. The van der Waals surface area contributed by atoms with Gasteiger partial charge in [-0.3, -0.25) is 4.79 Å².